The Morgan fingerprint density at radius 3 is 2.90 bits per heavy atom. The fourth-order valence-corrected chi connectivity index (χ4v) is 2.09. The van der Waals surface area contributed by atoms with Crippen LogP contribution in [-0.2, 0) is 11.0 Å². The van der Waals surface area contributed by atoms with E-state index in [0.29, 0.717) is 12.3 Å². The van der Waals surface area contributed by atoms with Gasteiger partial charge in [0.2, 0.25) is 0 Å². The molecule has 4 heteroatoms. The van der Waals surface area contributed by atoms with Crippen molar-refractivity contribution >= 4 is 11.0 Å². The summed E-state index contributed by atoms with van der Waals surface area (Å²) in [4.78, 5) is 0. The van der Waals surface area contributed by atoms with Crippen molar-refractivity contribution in [3.05, 3.63) is 0 Å². The first-order valence-corrected chi connectivity index (χ1v) is 4.83. The molecule has 0 bridgehead atoms. The van der Waals surface area contributed by atoms with Crippen molar-refractivity contribution < 1.29 is 9.32 Å². The van der Waals surface area contributed by atoms with E-state index >= 15 is 0 Å². The maximum absolute atomic E-state index is 11.1. The minimum Gasteiger partial charge on any atom is -0.392 e. The van der Waals surface area contributed by atoms with Gasteiger partial charge in [0.25, 0.3) is 0 Å². The van der Waals surface area contributed by atoms with Crippen LogP contribution in [0.2, 0.25) is 0 Å². The second-order valence-corrected chi connectivity index (χ2v) is 4.18. The van der Waals surface area contributed by atoms with Gasteiger partial charge in [0.1, 0.15) is 0 Å². The van der Waals surface area contributed by atoms with Crippen molar-refractivity contribution in [1.82, 2.24) is 4.31 Å². The Kier molecular flexibility index (Phi) is 2.82. The minimum absolute atomic E-state index is 0.254. The lowest BCUT2D eigenvalue weighted by molar-refractivity contribution is 0.190. The Morgan fingerprint density at radius 2 is 2.50 bits per heavy atom. The summed E-state index contributed by atoms with van der Waals surface area (Å²) in [5, 5.41) is 9.07. The van der Waals surface area contributed by atoms with Crippen LogP contribution in [0.5, 0.6) is 0 Å². The third-order valence-corrected chi connectivity index (χ3v) is 3.06. The van der Waals surface area contributed by atoms with E-state index in [1.165, 1.54) is 0 Å². The Balaban J connectivity index is 2.37. The molecule has 1 fully saturated rings. The van der Waals surface area contributed by atoms with E-state index in [4.69, 9.17) is 5.11 Å². The van der Waals surface area contributed by atoms with Gasteiger partial charge < -0.3 is 5.11 Å². The summed E-state index contributed by atoms with van der Waals surface area (Å²) in [6, 6.07) is 0. The fraction of sp³-hybridized carbons (Fsp3) is 1.00. The van der Waals surface area contributed by atoms with Crippen molar-refractivity contribution in [2.24, 2.45) is 0 Å². The number of β-amino-alcohol motifs (C(OH)–C–C–N with tert-alkyl or cyclic N) is 1. The SMILES string of the molecule is CCS(=O)N1CC[C@H](O)C1. The lowest BCUT2D eigenvalue weighted by atomic mass is 10.3. The number of hydrogen-bond donors (Lipinski definition) is 1. The highest BCUT2D eigenvalue weighted by Gasteiger charge is 2.23. The van der Waals surface area contributed by atoms with Crippen LogP contribution in [0.1, 0.15) is 13.3 Å². The van der Waals surface area contributed by atoms with E-state index in [1.54, 1.807) is 0 Å². The van der Waals surface area contributed by atoms with Gasteiger partial charge in [-0.15, -0.1) is 0 Å². The second-order valence-electron chi connectivity index (χ2n) is 2.44. The van der Waals surface area contributed by atoms with E-state index < -0.39 is 11.0 Å². The van der Waals surface area contributed by atoms with Crippen LogP contribution in [-0.4, -0.2) is 38.6 Å². The topological polar surface area (TPSA) is 40.5 Å². The van der Waals surface area contributed by atoms with Crippen LogP contribution in [0.4, 0.5) is 0 Å². The van der Waals surface area contributed by atoms with Gasteiger partial charge in [-0.25, -0.2) is 8.51 Å². The van der Waals surface area contributed by atoms with E-state index in [2.05, 4.69) is 0 Å². The van der Waals surface area contributed by atoms with Crippen molar-refractivity contribution in [3.63, 3.8) is 0 Å². The molecule has 1 aliphatic heterocycles. The zero-order valence-corrected chi connectivity index (χ0v) is 6.93. The molecule has 0 amide bonds. The molecule has 2 atom stereocenters. The highest BCUT2D eigenvalue weighted by Crippen LogP contribution is 2.10. The highest BCUT2D eigenvalue weighted by atomic mass is 32.2. The van der Waals surface area contributed by atoms with E-state index in [-0.39, 0.29) is 6.10 Å². The normalized spacial score (nSPS) is 30.8. The van der Waals surface area contributed by atoms with Gasteiger partial charge in [-0.05, 0) is 6.42 Å². The van der Waals surface area contributed by atoms with Crippen LogP contribution < -0.4 is 0 Å². The average molecular weight is 163 g/mol. The van der Waals surface area contributed by atoms with Crippen LogP contribution in [0.3, 0.4) is 0 Å². The standard InChI is InChI=1S/C6H13NO2S/c1-2-10(9)7-4-3-6(8)5-7/h6,8H,2-5H2,1H3/t6-,10?/m0/s1. The summed E-state index contributed by atoms with van der Waals surface area (Å²) >= 11 is 0. The first-order valence-electron chi connectivity index (χ1n) is 3.55. The monoisotopic (exact) mass is 163 g/mol. The minimum atomic E-state index is -0.850. The van der Waals surface area contributed by atoms with E-state index in [1.807, 2.05) is 11.2 Å². The van der Waals surface area contributed by atoms with Gasteiger partial charge in [-0.2, -0.15) is 0 Å². The van der Waals surface area contributed by atoms with Gasteiger partial charge >= 0.3 is 0 Å². The largest absolute Gasteiger partial charge is 0.392 e. The summed E-state index contributed by atoms with van der Waals surface area (Å²) < 4.78 is 12.9. The zero-order valence-electron chi connectivity index (χ0n) is 6.12. The summed E-state index contributed by atoms with van der Waals surface area (Å²) in [6.45, 7) is 3.25. The molecule has 1 heterocycles. The number of nitrogens with zero attached hydrogens (tertiary/aromatic N) is 1. The Bertz CT molecular complexity index is 140. The molecule has 0 radical (unpaired) electrons. The number of aliphatic hydroxyl groups excluding tert-OH is 1. The van der Waals surface area contributed by atoms with E-state index in [0.717, 1.165) is 13.0 Å². The molecule has 3 nitrogen and oxygen atoms in total. The third-order valence-electron chi connectivity index (χ3n) is 1.66. The predicted molar refractivity (Wildman–Crippen MR) is 40.9 cm³/mol. The summed E-state index contributed by atoms with van der Waals surface area (Å²) in [6.07, 6.45) is 0.515. The van der Waals surface area contributed by atoms with Crippen LogP contribution in [0.15, 0.2) is 0 Å². The van der Waals surface area contributed by atoms with Crippen molar-refractivity contribution in [3.8, 4) is 0 Å². The Hall–Kier alpha value is 0.0700. The lowest BCUT2D eigenvalue weighted by Gasteiger charge is -2.11. The third kappa shape index (κ3) is 1.78. The molecule has 0 aromatic carbocycles. The maximum atomic E-state index is 11.1. The molecule has 1 rings (SSSR count). The molecule has 1 N–H and O–H groups in total. The predicted octanol–water partition coefficient (Wildman–Crippen LogP) is -0.263. The molecule has 0 saturated carbocycles. The molecule has 0 aliphatic carbocycles. The first-order chi connectivity index (χ1) is 4.74. The van der Waals surface area contributed by atoms with Crippen molar-refractivity contribution in [2.75, 3.05) is 18.8 Å². The van der Waals surface area contributed by atoms with E-state index in [9.17, 15) is 4.21 Å². The van der Waals surface area contributed by atoms with Crippen molar-refractivity contribution in [1.29, 1.82) is 0 Å². The summed E-state index contributed by atoms with van der Waals surface area (Å²) in [7, 11) is -0.850. The molecule has 60 valence electrons. The second kappa shape index (κ2) is 3.46. The Labute approximate surface area is 63.6 Å². The quantitative estimate of drug-likeness (QED) is 0.609. The van der Waals surface area contributed by atoms with Crippen molar-refractivity contribution in [2.45, 2.75) is 19.4 Å². The number of aliphatic hydroxyl groups is 1. The fourth-order valence-electron chi connectivity index (χ4n) is 1.08. The van der Waals surface area contributed by atoms with Crippen LogP contribution in [0.25, 0.3) is 0 Å². The molecule has 0 aromatic rings. The summed E-state index contributed by atoms with van der Waals surface area (Å²) in [5.41, 5.74) is 0. The zero-order chi connectivity index (χ0) is 7.56. The van der Waals surface area contributed by atoms with Crippen LogP contribution >= 0.6 is 0 Å². The van der Waals surface area contributed by atoms with Gasteiger partial charge in [0, 0.05) is 18.8 Å². The highest BCUT2D eigenvalue weighted by molar-refractivity contribution is 7.82. The molecular formula is C6H13NO2S. The lowest BCUT2D eigenvalue weighted by Crippen LogP contribution is -2.25. The van der Waals surface area contributed by atoms with Gasteiger partial charge in [-0.1, -0.05) is 6.92 Å². The molecular weight excluding hydrogens is 150 g/mol. The number of hydrogen-bond acceptors (Lipinski definition) is 2. The van der Waals surface area contributed by atoms with Gasteiger partial charge in [0.05, 0.1) is 17.1 Å². The summed E-state index contributed by atoms with van der Waals surface area (Å²) in [5.74, 6) is 0.659. The molecule has 10 heavy (non-hydrogen) atoms. The van der Waals surface area contributed by atoms with Gasteiger partial charge in [0.15, 0.2) is 0 Å². The molecule has 0 aromatic heterocycles. The molecule has 0 spiro atoms. The van der Waals surface area contributed by atoms with Gasteiger partial charge in [-0.3, -0.25) is 0 Å². The molecule has 1 saturated heterocycles. The average Bonchev–Trinajstić information content (AvgIpc) is 2.34. The number of rotatable bonds is 2. The molecule has 1 unspecified atom stereocenters. The Morgan fingerprint density at radius 1 is 1.80 bits per heavy atom. The first kappa shape index (κ1) is 8.17. The smallest absolute Gasteiger partial charge is 0.0940 e. The van der Waals surface area contributed by atoms with Crippen LogP contribution in [0, 0.1) is 0 Å². The molecule has 1 aliphatic rings. The maximum Gasteiger partial charge on any atom is 0.0940 e.